The number of benzene rings is 1. The van der Waals surface area contributed by atoms with Gasteiger partial charge in [-0.1, -0.05) is 12.1 Å². The number of hydrogen-bond donors (Lipinski definition) is 0. The predicted octanol–water partition coefficient (Wildman–Crippen LogP) is 2.60. The van der Waals surface area contributed by atoms with Gasteiger partial charge < -0.3 is 14.2 Å². The molecule has 0 N–H and O–H groups in total. The van der Waals surface area contributed by atoms with Crippen LogP contribution < -0.4 is 4.74 Å². The van der Waals surface area contributed by atoms with E-state index in [0.717, 1.165) is 26.1 Å². The summed E-state index contributed by atoms with van der Waals surface area (Å²) in [5.74, 6) is 1.86. The van der Waals surface area contributed by atoms with Crippen molar-refractivity contribution in [3.05, 3.63) is 48.3 Å². The highest BCUT2D eigenvalue weighted by molar-refractivity contribution is 5.23. The van der Waals surface area contributed by atoms with Gasteiger partial charge in [-0.3, -0.25) is 0 Å². The van der Waals surface area contributed by atoms with Crippen molar-refractivity contribution in [1.82, 2.24) is 14.5 Å². The van der Waals surface area contributed by atoms with Gasteiger partial charge in [-0.15, -0.1) is 0 Å². The maximum Gasteiger partial charge on any atom is 0.165 e. The molecular weight excluding hydrogens is 281 g/mol. The molecule has 2 heterocycles. The van der Waals surface area contributed by atoms with E-state index >= 15 is 0 Å². The van der Waals surface area contributed by atoms with Crippen LogP contribution in [0, 0.1) is 11.7 Å². The fourth-order valence-electron chi connectivity index (χ4n) is 2.99. The van der Waals surface area contributed by atoms with Crippen LogP contribution in [0.1, 0.15) is 12.2 Å². The lowest BCUT2D eigenvalue weighted by Crippen LogP contribution is -2.33. The first-order valence-electron chi connectivity index (χ1n) is 7.78. The number of rotatable bonds is 6. The molecule has 1 atom stereocenters. The van der Waals surface area contributed by atoms with Crippen LogP contribution in [-0.2, 0) is 13.0 Å². The number of halogens is 1. The molecule has 1 aliphatic rings. The maximum atomic E-state index is 13.4. The third kappa shape index (κ3) is 3.65. The summed E-state index contributed by atoms with van der Waals surface area (Å²) in [6, 6.07) is 6.54. The average Bonchev–Trinajstić information content (AvgIpc) is 2.97. The number of aromatic nitrogens is 2. The highest BCUT2D eigenvalue weighted by Gasteiger charge is 2.19. The third-order valence-electron chi connectivity index (χ3n) is 4.17. The quantitative estimate of drug-likeness (QED) is 0.822. The van der Waals surface area contributed by atoms with E-state index in [1.54, 1.807) is 18.2 Å². The average molecular weight is 303 g/mol. The zero-order valence-electron chi connectivity index (χ0n) is 12.9. The molecule has 4 nitrogen and oxygen atoms in total. The monoisotopic (exact) mass is 303 g/mol. The molecule has 0 fully saturated rings. The lowest BCUT2D eigenvalue weighted by Gasteiger charge is -2.28. The summed E-state index contributed by atoms with van der Waals surface area (Å²) in [7, 11) is 2.09. The largest absolute Gasteiger partial charge is 0.489 e. The highest BCUT2D eigenvalue weighted by Crippen LogP contribution is 2.19. The molecule has 1 aromatic heterocycles. The number of likely N-dealkylation sites (N-methyl/N-ethyl adjacent to an activating group) is 1. The topological polar surface area (TPSA) is 30.3 Å². The van der Waals surface area contributed by atoms with Gasteiger partial charge in [-0.05, 0) is 31.5 Å². The Balaban J connectivity index is 1.42. The molecule has 3 rings (SSSR count). The van der Waals surface area contributed by atoms with Gasteiger partial charge in [0.05, 0.1) is 0 Å². The van der Waals surface area contributed by atoms with Gasteiger partial charge in [0.2, 0.25) is 0 Å². The van der Waals surface area contributed by atoms with Crippen LogP contribution in [0.25, 0.3) is 0 Å². The van der Waals surface area contributed by atoms with E-state index in [-0.39, 0.29) is 5.82 Å². The number of imidazole rings is 1. The van der Waals surface area contributed by atoms with Crippen molar-refractivity contribution in [3.8, 4) is 5.75 Å². The van der Waals surface area contributed by atoms with Crippen LogP contribution in [0.15, 0.2) is 36.7 Å². The van der Waals surface area contributed by atoms with Crippen LogP contribution in [0.2, 0.25) is 0 Å². The minimum atomic E-state index is -0.301. The second-order valence-corrected chi connectivity index (χ2v) is 5.94. The van der Waals surface area contributed by atoms with Crippen molar-refractivity contribution < 1.29 is 9.13 Å². The van der Waals surface area contributed by atoms with Crippen molar-refractivity contribution >= 4 is 0 Å². The maximum absolute atomic E-state index is 13.4. The molecule has 0 saturated carbocycles. The minimum absolute atomic E-state index is 0.301. The number of aryl methyl sites for hydroxylation is 1. The van der Waals surface area contributed by atoms with Crippen molar-refractivity contribution in [2.45, 2.75) is 19.4 Å². The van der Waals surface area contributed by atoms with E-state index in [4.69, 9.17) is 4.74 Å². The summed E-state index contributed by atoms with van der Waals surface area (Å²) in [5.41, 5.74) is 0. The second kappa shape index (κ2) is 6.92. The second-order valence-electron chi connectivity index (χ2n) is 5.94. The van der Waals surface area contributed by atoms with E-state index in [9.17, 15) is 4.39 Å². The fourth-order valence-corrected chi connectivity index (χ4v) is 2.99. The lowest BCUT2D eigenvalue weighted by atomic mass is 9.99. The highest BCUT2D eigenvalue weighted by atomic mass is 19.1. The Morgan fingerprint density at radius 3 is 3.14 bits per heavy atom. The van der Waals surface area contributed by atoms with Crippen molar-refractivity contribution in [2.24, 2.45) is 5.92 Å². The molecule has 0 amide bonds. The molecule has 0 spiro atoms. The first-order valence-corrected chi connectivity index (χ1v) is 7.78. The summed E-state index contributed by atoms with van der Waals surface area (Å²) in [6.45, 7) is 3.36. The Morgan fingerprint density at radius 2 is 2.27 bits per heavy atom. The Kier molecular flexibility index (Phi) is 4.73. The number of hydrogen-bond acceptors (Lipinski definition) is 3. The molecule has 1 aliphatic heterocycles. The molecule has 118 valence electrons. The number of fused-ring (bicyclic) bond motifs is 1. The number of para-hydroxylation sites is 1. The zero-order chi connectivity index (χ0) is 15.4. The summed E-state index contributed by atoms with van der Waals surface area (Å²) in [5, 5.41) is 0. The first-order chi connectivity index (χ1) is 10.7. The summed E-state index contributed by atoms with van der Waals surface area (Å²) < 4.78 is 21.2. The van der Waals surface area contributed by atoms with Gasteiger partial charge in [0.25, 0.3) is 0 Å². The molecule has 2 aromatic rings. The van der Waals surface area contributed by atoms with Gasteiger partial charge in [0.15, 0.2) is 11.6 Å². The molecule has 0 saturated heterocycles. The van der Waals surface area contributed by atoms with Crippen LogP contribution in [0.5, 0.6) is 5.75 Å². The molecule has 0 radical (unpaired) electrons. The summed E-state index contributed by atoms with van der Waals surface area (Å²) in [4.78, 5) is 6.61. The summed E-state index contributed by atoms with van der Waals surface area (Å²) in [6.07, 6.45) is 6.17. The molecule has 1 aromatic carbocycles. The molecule has 0 bridgehead atoms. The van der Waals surface area contributed by atoms with Crippen molar-refractivity contribution in [1.29, 1.82) is 0 Å². The van der Waals surface area contributed by atoms with E-state index in [2.05, 4.69) is 27.7 Å². The fraction of sp³-hybridized carbons (Fsp3) is 0.471. The lowest BCUT2D eigenvalue weighted by molar-refractivity contribution is 0.193. The number of ether oxygens (including phenoxy) is 1. The van der Waals surface area contributed by atoms with Crippen LogP contribution in [0.3, 0.4) is 0 Å². The Morgan fingerprint density at radius 1 is 1.41 bits per heavy atom. The zero-order valence-corrected chi connectivity index (χ0v) is 12.9. The standard InChI is InChI=1S/C17H22FN3O/c1-20(10-11-22-16-5-3-2-4-15(16)18)12-14-6-7-17-19-8-9-21(17)13-14/h2-5,8-9,14H,6-7,10-13H2,1H3. The van der Waals surface area contributed by atoms with Crippen molar-refractivity contribution in [3.63, 3.8) is 0 Å². The van der Waals surface area contributed by atoms with Gasteiger partial charge in [-0.25, -0.2) is 9.37 Å². The van der Waals surface area contributed by atoms with Gasteiger partial charge in [0.1, 0.15) is 12.4 Å². The van der Waals surface area contributed by atoms with Crippen LogP contribution in [-0.4, -0.2) is 41.2 Å². The molecular formula is C17H22FN3O. The Hall–Kier alpha value is -1.88. The smallest absolute Gasteiger partial charge is 0.165 e. The normalized spacial score (nSPS) is 17.5. The molecule has 1 unspecified atom stereocenters. The number of nitrogens with zero attached hydrogens (tertiary/aromatic N) is 3. The SMILES string of the molecule is CN(CCOc1ccccc1F)CC1CCc2nccn2C1. The van der Waals surface area contributed by atoms with E-state index < -0.39 is 0 Å². The van der Waals surface area contributed by atoms with Gasteiger partial charge >= 0.3 is 0 Å². The Bertz CT molecular complexity index is 613. The Labute approximate surface area is 130 Å². The van der Waals surface area contributed by atoms with Crippen LogP contribution >= 0.6 is 0 Å². The first kappa shape index (κ1) is 15.0. The third-order valence-corrected chi connectivity index (χ3v) is 4.17. The van der Waals surface area contributed by atoms with E-state index in [0.29, 0.717) is 18.3 Å². The van der Waals surface area contributed by atoms with Gasteiger partial charge in [-0.2, -0.15) is 0 Å². The van der Waals surface area contributed by atoms with Crippen LogP contribution in [0.4, 0.5) is 4.39 Å². The van der Waals surface area contributed by atoms with E-state index in [1.165, 1.54) is 18.3 Å². The van der Waals surface area contributed by atoms with Gasteiger partial charge in [0, 0.05) is 38.4 Å². The molecule has 5 heteroatoms. The molecule has 22 heavy (non-hydrogen) atoms. The molecule has 0 aliphatic carbocycles. The predicted molar refractivity (Wildman–Crippen MR) is 83.4 cm³/mol. The minimum Gasteiger partial charge on any atom is -0.489 e. The summed E-state index contributed by atoms with van der Waals surface area (Å²) >= 11 is 0. The van der Waals surface area contributed by atoms with E-state index in [1.807, 2.05) is 6.20 Å². The van der Waals surface area contributed by atoms with Crippen molar-refractivity contribution in [2.75, 3.05) is 26.7 Å².